The summed E-state index contributed by atoms with van der Waals surface area (Å²) in [4.78, 5) is 27.2. The van der Waals surface area contributed by atoms with Gasteiger partial charge in [-0.1, -0.05) is 23.7 Å². The summed E-state index contributed by atoms with van der Waals surface area (Å²) in [5.41, 5.74) is 1.72. The molecule has 10 nitrogen and oxygen atoms in total. The second-order valence-corrected chi connectivity index (χ2v) is 8.10. The molecule has 0 spiro atoms. The van der Waals surface area contributed by atoms with Crippen molar-refractivity contribution in [3.63, 3.8) is 0 Å². The van der Waals surface area contributed by atoms with Gasteiger partial charge in [0.05, 0.1) is 11.6 Å². The zero-order chi connectivity index (χ0) is 22.6. The molecule has 33 heavy (non-hydrogen) atoms. The van der Waals surface area contributed by atoms with Crippen LogP contribution in [0.2, 0.25) is 5.02 Å². The molecule has 1 saturated heterocycles. The number of aromatic nitrogens is 7. The molecule has 1 aromatic carbocycles. The van der Waals surface area contributed by atoms with E-state index < -0.39 is 0 Å². The van der Waals surface area contributed by atoms with Crippen molar-refractivity contribution in [2.24, 2.45) is 5.92 Å². The van der Waals surface area contributed by atoms with Gasteiger partial charge < -0.3 is 10.2 Å². The lowest BCUT2D eigenvalue weighted by molar-refractivity contribution is -0.120. The first-order valence-electron chi connectivity index (χ1n) is 10.5. The average molecular weight is 462 g/mol. The molecule has 1 fully saturated rings. The molecule has 1 aliphatic rings. The molecule has 4 heterocycles. The number of nitrogens with zero attached hydrogens (tertiary/aromatic N) is 8. The van der Waals surface area contributed by atoms with Crippen LogP contribution in [0.5, 0.6) is 0 Å². The van der Waals surface area contributed by atoms with E-state index in [-0.39, 0.29) is 11.8 Å². The number of hydrogen-bond acceptors (Lipinski definition) is 8. The number of hydrogen-bond donors (Lipinski definition) is 1. The molecule has 0 bridgehead atoms. The van der Waals surface area contributed by atoms with E-state index in [4.69, 9.17) is 11.6 Å². The molecular formula is C22H20ClN9O. The Bertz CT molecular complexity index is 1230. The highest BCUT2D eigenvalue weighted by atomic mass is 35.5. The first kappa shape index (κ1) is 21.0. The van der Waals surface area contributed by atoms with Crippen LogP contribution >= 0.6 is 11.6 Å². The monoisotopic (exact) mass is 461 g/mol. The van der Waals surface area contributed by atoms with Gasteiger partial charge in [-0.3, -0.25) is 4.79 Å². The Morgan fingerprint density at radius 1 is 1.03 bits per heavy atom. The number of benzene rings is 1. The zero-order valence-corrected chi connectivity index (χ0v) is 18.3. The van der Waals surface area contributed by atoms with E-state index in [9.17, 15) is 4.79 Å². The predicted molar refractivity (Wildman–Crippen MR) is 123 cm³/mol. The Kier molecular flexibility index (Phi) is 5.90. The zero-order valence-electron chi connectivity index (χ0n) is 17.5. The van der Waals surface area contributed by atoms with E-state index in [1.54, 1.807) is 6.07 Å². The quantitative estimate of drug-likeness (QED) is 0.482. The normalized spacial score (nSPS) is 15.9. The molecule has 4 aromatic rings. The van der Waals surface area contributed by atoms with Crippen molar-refractivity contribution in [1.82, 2.24) is 34.9 Å². The van der Waals surface area contributed by atoms with Crippen LogP contribution in [0.15, 0.2) is 61.4 Å². The van der Waals surface area contributed by atoms with Gasteiger partial charge in [-0.25, -0.2) is 19.6 Å². The maximum atomic E-state index is 12.9. The SMILES string of the molecule is O=C(Nc1cc(-n2cncn2)ncn1)C1CCCN(c2ccc(-c3ccc(Cl)cc3)nn2)C1. The second kappa shape index (κ2) is 9.29. The maximum absolute atomic E-state index is 12.9. The number of carbonyl (C=O) groups is 1. The molecule has 1 aliphatic heterocycles. The molecule has 0 radical (unpaired) electrons. The van der Waals surface area contributed by atoms with Crippen molar-refractivity contribution < 1.29 is 4.79 Å². The number of halogens is 1. The van der Waals surface area contributed by atoms with Crippen molar-refractivity contribution >= 4 is 29.1 Å². The molecule has 5 rings (SSSR count). The highest BCUT2D eigenvalue weighted by molar-refractivity contribution is 6.30. The molecule has 1 unspecified atom stereocenters. The summed E-state index contributed by atoms with van der Waals surface area (Å²) in [5, 5.41) is 16.4. The summed E-state index contributed by atoms with van der Waals surface area (Å²) in [6.07, 6.45) is 6.01. The number of anilines is 2. The fourth-order valence-corrected chi connectivity index (χ4v) is 3.89. The van der Waals surface area contributed by atoms with Gasteiger partial charge in [-0.2, -0.15) is 5.10 Å². The van der Waals surface area contributed by atoms with E-state index in [1.165, 1.54) is 23.7 Å². The third kappa shape index (κ3) is 4.80. The first-order valence-corrected chi connectivity index (χ1v) is 10.9. The Hall–Kier alpha value is -3.92. The van der Waals surface area contributed by atoms with E-state index in [0.717, 1.165) is 36.5 Å². The van der Waals surface area contributed by atoms with Crippen molar-refractivity contribution in [2.45, 2.75) is 12.8 Å². The van der Waals surface area contributed by atoms with Gasteiger partial charge in [0.1, 0.15) is 24.8 Å². The van der Waals surface area contributed by atoms with Gasteiger partial charge in [0.2, 0.25) is 5.91 Å². The highest BCUT2D eigenvalue weighted by Crippen LogP contribution is 2.25. The van der Waals surface area contributed by atoms with Crippen molar-refractivity contribution in [1.29, 1.82) is 0 Å². The smallest absolute Gasteiger partial charge is 0.230 e. The van der Waals surface area contributed by atoms with Gasteiger partial charge in [-0.15, -0.1) is 10.2 Å². The van der Waals surface area contributed by atoms with Crippen molar-refractivity contribution in [2.75, 3.05) is 23.3 Å². The largest absolute Gasteiger partial charge is 0.354 e. The molecule has 1 amide bonds. The van der Waals surface area contributed by atoms with Crippen LogP contribution in [0, 0.1) is 5.92 Å². The third-order valence-corrected chi connectivity index (χ3v) is 5.72. The summed E-state index contributed by atoms with van der Waals surface area (Å²) in [5.74, 6) is 1.42. The Balaban J connectivity index is 1.24. The van der Waals surface area contributed by atoms with Gasteiger partial charge in [-0.05, 0) is 37.1 Å². The van der Waals surface area contributed by atoms with E-state index in [1.807, 2.05) is 36.4 Å². The Labute approximate surface area is 194 Å². The number of nitrogens with one attached hydrogen (secondary N) is 1. The molecule has 3 aromatic heterocycles. The molecule has 1 N–H and O–H groups in total. The van der Waals surface area contributed by atoms with E-state index in [0.29, 0.717) is 23.2 Å². The van der Waals surface area contributed by atoms with Crippen LogP contribution < -0.4 is 10.2 Å². The van der Waals surface area contributed by atoms with Gasteiger partial charge >= 0.3 is 0 Å². The summed E-state index contributed by atoms with van der Waals surface area (Å²) < 4.78 is 1.51. The fraction of sp³-hybridized carbons (Fsp3) is 0.227. The number of rotatable bonds is 5. The van der Waals surface area contributed by atoms with Crippen LogP contribution in [0.3, 0.4) is 0 Å². The van der Waals surface area contributed by atoms with Crippen molar-refractivity contribution in [3.8, 4) is 17.1 Å². The third-order valence-electron chi connectivity index (χ3n) is 5.46. The van der Waals surface area contributed by atoms with Gasteiger partial charge in [0, 0.05) is 29.7 Å². The molecule has 11 heteroatoms. The first-order chi connectivity index (χ1) is 16.2. The van der Waals surface area contributed by atoms with Crippen LogP contribution in [0.25, 0.3) is 17.1 Å². The summed E-state index contributed by atoms with van der Waals surface area (Å²) in [7, 11) is 0. The standard InChI is InChI=1S/C22H20ClN9O/c23-17-5-3-15(4-6-17)18-7-8-20(30-29-18)31-9-1-2-16(11-31)22(33)28-19-10-21(26-13-25-19)32-14-24-12-27-32/h3-8,10,12-14,16H,1-2,9,11H2,(H,25,26,28,33). The van der Waals surface area contributed by atoms with Gasteiger partial charge in [0.25, 0.3) is 0 Å². The average Bonchev–Trinajstić information content (AvgIpc) is 3.40. The van der Waals surface area contributed by atoms with Crippen LogP contribution in [-0.2, 0) is 4.79 Å². The highest BCUT2D eigenvalue weighted by Gasteiger charge is 2.27. The fourth-order valence-electron chi connectivity index (χ4n) is 3.76. The lowest BCUT2D eigenvalue weighted by atomic mass is 9.97. The minimum atomic E-state index is -0.193. The lowest BCUT2D eigenvalue weighted by Crippen LogP contribution is -2.41. The molecule has 0 saturated carbocycles. The Morgan fingerprint density at radius 3 is 2.67 bits per heavy atom. The lowest BCUT2D eigenvalue weighted by Gasteiger charge is -2.32. The van der Waals surface area contributed by atoms with Crippen LogP contribution in [0.4, 0.5) is 11.6 Å². The number of carbonyl (C=O) groups excluding carboxylic acids is 1. The maximum Gasteiger partial charge on any atom is 0.230 e. The van der Waals surface area contributed by atoms with Crippen LogP contribution in [-0.4, -0.2) is 53.9 Å². The predicted octanol–water partition coefficient (Wildman–Crippen LogP) is 3.02. The van der Waals surface area contributed by atoms with E-state index >= 15 is 0 Å². The molecule has 166 valence electrons. The van der Waals surface area contributed by atoms with Crippen molar-refractivity contribution in [3.05, 3.63) is 66.5 Å². The van der Waals surface area contributed by atoms with Gasteiger partial charge in [0.15, 0.2) is 11.6 Å². The Morgan fingerprint density at radius 2 is 1.91 bits per heavy atom. The minimum Gasteiger partial charge on any atom is -0.354 e. The minimum absolute atomic E-state index is 0.0892. The number of piperidine rings is 1. The van der Waals surface area contributed by atoms with Crippen LogP contribution in [0.1, 0.15) is 12.8 Å². The topological polar surface area (TPSA) is 115 Å². The summed E-state index contributed by atoms with van der Waals surface area (Å²) >= 11 is 5.96. The molecule has 1 atom stereocenters. The summed E-state index contributed by atoms with van der Waals surface area (Å²) in [6.45, 7) is 1.38. The van der Waals surface area contributed by atoms with E-state index in [2.05, 4.69) is 40.5 Å². The summed E-state index contributed by atoms with van der Waals surface area (Å²) in [6, 6.07) is 13.0. The second-order valence-electron chi connectivity index (χ2n) is 7.66. The molecular weight excluding hydrogens is 442 g/mol. The number of amides is 1. The molecule has 0 aliphatic carbocycles.